The molecule has 6 nitrogen and oxygen atoms in total. The Morgan fingerprint density at radius 1 is 0.943 bits per heavy atom. The van der Waals surface area contributed by atoms with E-state index in [0.29, 0.717) is 19.0 Å². The lowest BCUT2D eigenvalue weighted by atomic mass is 10.1. The third kappa shape index (κ3) is 6.31. The Morgan fingerprint density at radius 2 is 1.71 bits per heavy atom. The molecule has 0 saturated carbocycles. The van der Waals surface area contributed by atoms with Gasteiger partial charge in [-0.3, -0.25) is 0 Å². The van der Waals surface area contributed by atoms with Crippen LogP contribution in [0.5, 0.6) is 5.75 Å². The van der Waals surface area contributed by atoms with Crippen LogP contribution in [-0.4, -0.2) is 34.4 Å². The van der Waals surface area contributed by atoms with E-state index in [0.717, 1.165) is 47.1 Å². The Bertz CT molecular complexity index is 1200. The van der Waals surface area contributed by atoms with Gasteiger partial charge in [-0.05, 0) is 43.5 Å². The molecule has 2 aromatic heterocycles. The lowest BCUT2D eigenvalue weighted by Gasteiger charge is -2.20. The first kappa shape index (κ1) is 25.0. The summed E-state index contributed by atoms with van der Waals surface area (Å²) in [5, 5.41) is 1.05. The van der Waals surface area contributed by atoms with Crippen LogP contribution in [0.15, 0.2) is 54.9 Å². The number of aromatic nitrogens is 3. The van der Waals surface area contributed by atoms with Crippen LogP contribution in [0.4, 0.5) is 5.82 Å². The first-order chi connectivity index (χ1) is 17.2. The van der Waals surface area contributed by atoms with Crippen LogP contribution in [-0.2, 0) is 11.2 Å². The quantitative estimate of drug-likeness (QED) is 0.205. The number of hydrogen-bond acceptors (Lipinski definition) is 5. The first-order valence-corrected chi connectivity index (χ1v) is 13.0. The van der Waals surface area contributed by atoms with Crippen LogP contribution >= 0.6 is 0 Å². The fraction of sp³-hybridized carbons (Fsp3) is 0.448. The molecule has 2 N–H and O–H groups in total. The Balaban J connectivity index is 1.47. The topological polar surface area (TPSA) is 75.2 Å². The largest absolute Gasteiger partial charge is 0.494 e. The van der Waals surface area contributed by atoms with E-state index in [-0.39, 0.29) is 6.04 Å². The van der Waals surface area contributed by atoms with Crippen molar-refractivity contribution in [3.8, 4) is 5.75 Å². The number of ether oxygens (including phenoxy) is 2. The lowest BCUT2D eigenvalue weighted by molar-refractivity contribution is 0.114. The Hall–Kier alpha value is -3.12. The van der Waals surface area contributed by atoms with Crippen LogP contribution < -0.4 is 10.5 Å². The van der Waals surface area contributed by atoms with Gasteiger partial charge in [0.05, 0.1) is 36.6 Å². The van der Waals surface area contributed by atoms with E-state index in [1.54, 1.807) is 0 Å². The van der Waals surface area contributed by atoms with Crippen LogP contribution in [0.1, 0.15) is 64.0 Å². The maximum absolute atomic E-state index is 6.25. The smallest absolute Gasteiger partial charge is 0.152 e. The maximum atomic E-state index is 6.25. The minimum absolute atomic E-state index is 0.0834. The lowest BCUT2D eigenvalue weighted by Crippen LogP contribution is -2.18. The van der Waals surface area contributed by atoms with Gasteiger partial charge >= 0.3 is 0 Å². The van der Waals surface area contributed by atoms with Gasteiger partial charge in [-0.15, -0.1) is 0 Å². The molecule has 0 amide bonds. The number of rotatable bonds is 14. The summed E-state index contributed by atoms with van der Waals surface area (Å²) in [6.07, 6.45) is 10.3. The van der Waals surface area contributed by atoms with Crippen LogP contribution in [0.25, 0.3) is 21.9 Å². The zero-order chi connectivity index (χ0) is 24.5. The second kappa shape index (κ2) is 12.5. The van der Waals surface area contributed by atoms with Crippen LogP contribution in [0.3, 0.4) is 0 Å². The second-order valence-electron chi connectivity index (χ2n) is 9.14. The van der Waals surface area contributed by atoms with Gasteiger partial charge in [0.15, 0.2) is 5.82 Å². The summed E-state index contributed by atoms with van der Waals surface area (Å²) in [4.78, 5) is 9.16. The molecule has 1 unspecified atom stereocenters. The molecular formula is C29H38N4O2. The number of nitrogens with zero attached hydrogens (tertiary/aromatic N) is 3. The van der Waals surface area contributed by atoms with Gasteiger partial charge in [0.1, 0.15) is 11.3 Å². The van der Waals surface area contributed by atoms with Crippen molar-refractivity contribution in [2.75, 3.05) is 25.6 Å². The van der Waals surface area contributed by atoms with Crippen molar-refractivity contribution >= 4 is 27.8 Å². The molecule has 0 aliphatic rings. The molecule has 0 aliphatic carbocycles. The fourth-order valence-corrected chi connectivity index (χ4v) is 4.60. The minimum atomic E-state index is 0.0834. The highest BCUT2D eigenvalue weighted by Crippen LogP contribution is 2.30. The highest BCUT2D eigenvalue weighted by molar-refractivity contribution is 6.06. The molecule has 2 heterocycles. The third-order valence-electron chi connectivity index (χ3n) is 6.51. The van der Waals surface area contributed by atoms with E-state index in [4.69, 9.17) is 15.2 Å². The van der Waals surface area contributed by atoms with Gasteiger partial charge in [-0.1, -0.05) is 69.4 Å². The number of unbranched alkanes of at least 4 members (excludes halogenated alkanes) is 5. The molecule has 0 spiro atoms. The van der Waals surface area contributed by atoms with E-state index in [1.807, 2.05) is 31.5 Å². The summed E-state index contributed by atoms with van der Waals surface area (Å²) in [6.45, 7) is 6.31. The van der Waals surface area contributed by atoms with E-state index < -0.39 is 0 Å². The number of benzene rings is 2. The normalized spacial score (nSPS) is 12.4. The molecule has 4 aromatic rings. The van der Waals surface area contributed by atoms with Crippen molar-refractivity contribution in [1.29, 1.82) is 0 Å². The Kier molecular flexibility index (Phi) is 8.96. The number of fused-ring (bicyclic) bond motifs is 3. The molecule has 0 fully saturated rings. The van der Waals surface area contributed by atoms with Crippen molar-refractivity contribution in [2.45, 2.75) is 64.8 Å². The number of para-hydroxylation sites is 1. The van der Waals surface area contributed by atoms with Crippen LogP contribution in [0, 0.1) is 0 Å². The summed E-state index contributed by atoms with van der Waals surface area (Å²) < 4.78 is 14.1. The standard InChI is InChI=1S/C29H38N4O2/c1-3-5-6-7-8-11-18-35-24-16-14-22(15-17-24)19-23(20-34-4-2)33-21-31-27-28(33)25-12-9-10-13-26(25)32-29(27)30/h9-10,12-17,21,23H,3-8,11,18-20H2,1-2H3,(H2,30,32). The number of anilines is 1. The van der Waals surface area contributed by atoms with Crippen molar-refractivity contribution in [2.24, 2.45) is 0 Å². The van der Waals surface area contributed by atoms with Gasteiger partial charge in [-0.25, -0.2) is 9.97 Å². The summed E-state index contributed by atoms with van der Waals surface area (Å²) in [7, 11) is 0. The number of hydrogen-bond donors (Lipinski definition) is 1. The molecule has 4 rings (SSSR count). The number of nitrogen functional groups attached to an aromatic ring is 1. The summed E-state index contributed by atoms with van der Waals surface area (Å²) in [5.41, 5.74) is 10.1. The summed E-state index contributed by atoms with van der Waals surface area (Å²) in [5.74, 6) is 1.39. The predicted molar refractivity (Wildman–Crippen MR) is 144 cm³/mol. The second-order valence-corrected chi connectivity index (χ2v) is 9.14. The van der Waals surface area contributed by atoms with E-state index in [1.165, 1.54) is 37.7 Å². The molecular weight excluding hydrogens is 436 g/mol. The van der Waals surface area contributed by atoms with Crippen molar-refractivity contribution in [1.82, 2.24) is 14.5 Å². The highest BCUT2D eigenvalue weighted by atomic mass is 16.5. The molecule has 186 valence electrons. The molecule has 6 heteroatoms. The summed E-state index contributed by atoms with van der Waals surface area (Å²) >= 11 is 0. The zero-order valence-electron chi connectivity index (χ0n) is 21.1. The summed E-state index contributed by atoms with van der Waals surface area (Å²) in [6, 6.07) is 16.6. The Labute approximate surface area is 208 Å². The molecule has 0 radical (unpaired) electrons. The number of imidazole rings is 1. The zero-order valence-corrected chi connectivity index (χ0v) is 21.1. The van der Waals surface area contributed by atoms with Crippen molar-refractivity contribution in [3.05, 3.63) is 60.4 Å². The van der Waals surface area contributed by atoms with Crippen molar-refractivity contribution in [3.63, 3.8) is 0 Å². The van der Waals surface area contributed by atoms with Gasteiger partial charge in [0.25, 0.3) is 0 Å². The molecule has 0 bridgehead atoms. The fourth-order valence-electron chi connectivity index (χ4n) is 4.60. The van der Waals surface area contributed by atoms with Gasteiger partial charge in [0.2, 0.25) is 0 Å². The molecule has 2 aromatic carbocycles. The number of pyridine rings is 1. The Morgan fingerprint density at radius 3 is 2.51 bits per heavy atom. The van der Waals surface area contributed by atoms with Gasteiger partial charge in [0, 0.05) is 12.0 Å². The molecule has 1 atom stereocenters. The predicted octanol–water partition coefficient (Wildman–Crippen LogP) is 6.73. The SMILES string of the molecule is CCCCCCCCOc1ccc(CC(COCC)n2cnc3c(N)nc4ccccc4c32)cc1. The van der Waals surface area contributed by atoms with E-state index in [9.17, 15) is 0 Å². The van der Waals surface area contributed by atoms with E-state index >= 15 is 0 Å². The van der Waals surface area contributed by atoms with Gasteiger partial charge in [-0.2, -0.15) is 0 Å². The monoisotopic (exact) mass is 474 g/mol. The molecule has 35 heavy (non-hydrogen) atoms. The number of nitrogens with two attached hydrogens (primary N) is 1. The van der Waals surface area contributed by atoms with Gasteiger partial charge < -0.3 is 19.8 Å². The third-order valence-corrected chi connectivity index (χ3v) is 6.51. The first-order valence-electron chi connectivity index (χ1n) is 13.0. The van der Waals surface area contributed by atoms with Crippen molar-refractivity contribution < 1.29 is 9.47 Å². The van der Waals surface area contributed by atoms with E-state index in [2.05, 4.69) is 51.8 Å². The highest BCUT2D eigenvalue weighted by Gasteiger charge is 2.19. The average molecular weight is 475 g/mol. The maximum Gasteiger partial charge on any atom is 0.152 e. The average Bonchev–Trinajstić information content (AvgIpc) is 3.33. The molecule has 0 saturated heterocycles. The van der Waals surface area contributed by atoms with Crippen LogP contribution in [0.2, 0.25) is 0 Å². The minimum Gasteiger partial charge on any atom is -0.494 e. The molecule has 0 aliphatic heterocycles.